The fourth-order valence-corrected chi connectivity index (χ4v) is 2.90. The zero-order chi connectivity index (χ0) is 6.27. The lowest BCUT2D eigenvalue weighted by molar-refractivity contribution is 0.249. The number of hydrogen-bond acceptors (Lipinski definition) is 1. The van der Waals surface area contributed by atoms with E-state index in [1.54, 1.807) is 0 Å². The van der Waals surface area contributed by atoms with Gasteiger partial charge in [-0.1, -0.05) is 15.9 Å². The SMILES string of the molecule is BrC1C2CCCN1CC2. The second-order valence-corrected chi connectivity index (χ2v) is 4.04. The molecule has 0 saturated carbocycles. The highest BCUT2D eigenvalue weighted by atomic mass is 79.9. The molecule has 2 aliphatic rings. The van der Waals surface area contributed by atoms with E-state index in [4.69, 9.17) is 0 Å². The van der Waals surface area contributed by atoms with Crippen LogP contribution in [-0.2, 0) is 0 Å². The summed E-state index contributed by atoms with van der Waals surface area (Å²) >= 11 is 3.71. The van der Waals surface area contributed by atoms with Crippen molar-refractivity contribution in [3.05, 3.63) is 0 Å². The number of fused-ring (bicyclic) bond motifs is 2. The minimum Gasteiger partial charge on any atom is -0.291 e. The molecule has 0 radical (unpaired) electrons. The number of halogens is 1. The van der Waals surface area contributed by atoms with E-state index in [1.807, 2.05) is 0 Å². The normalized spacial score (nSPS) is 49.7. The van der Waals surface area contributed by atoms with Gasteiger partial charge < -0.3 is 0 Å². The van der Waals surface area contributed by atoms with Gasteiger partial charge in [-0.25, -0.2) is 0 Å². The highest BCUT2D eigenvalue weighted by Crippen LogP contribution is 2.35. The number of nitrogens with zero attached hydrogens (tertiary/aromatic N) is 1. The molecule has 2 heterocycles. The van der Waals surface area contributed by atoms with Crippen LogP contribution in [0.5, 0.6) is 0 Å². The Morgan fingerprint density at radius 2 is 2.11 bits per heavy atom. The predicted molar refractivity (Wildman–Crippen MR) is 41.6 cm³/mol. The van der Waals surface area contributed by atoms with Crippen LogP contribution in [0.4, 0.5) is 0 Å². The minimum absolute atomic E-state index is 0.728. The van der Waals surface area contributed by atoms with E-state index in [1.165, 1.54) is 32.4 Å². The van der Waals surface area contributed by atoms with Gasteiger partial charge in [0.25, 0.3) is 0 Å². The van der Waals surface area contributed by atoms with Crippen molar-refractivity contribution in [1.29, 1.82) is 0 Å². The maximum atomic E-state index is 3.71. The van der Waals surface area contributed by atoms with Gasteiger partial charge in [0.15, 0.2) is 0 Å². The molecule has 0 aliphatic carbocycles. The van der Waals surface area contributed by atoms with E-state index in [2.05, 4.69) is 20.8 Å². The van der Waals surface area contributed by atoms with Crippen LogP contribution in [0, 0.1) is 5.92 Å². The van der Waals surface area contributed by atoms with Gasteiger partial charge in [-0.15, -0.1) is 0 Å². The summed E-state index contributed by atoms with van der Waals surface area (Å²) in [6.45, 7) is 2.66. The topological polar surface area (TPSA) is 3.24 Å². The minimum atomic E-state index is 0.728. The van der Waals surface area contributed by atoms with Crippen LogP contribution in [0.3, 0.4) is 0 Å². The molecule has 2 heteroatoms. The van der Waals surface area contributed by atoms with Crippen molar-refractivity contribution < 1.29 is 0 Å². The molecular weight excluding hydrogens is 178 g/mol. The zero-order valence-corrected chi connectivity index (χ0v) is 7.10. The van der Waals surface area contributed by atoms with Gasteiger partial charge in [0.05, 0.1) is 4.95 Å². The lowest BCUT2D eigenvalue weighted by atomic mass is 10.0. The smallest absolute Gasteiger partial charge is 0.0684 e. The van der Waals surface area contributed by atoms with Gasteiger partial charge in [0.2, 0.25) is 0 Å². The Kier molecular flexibility index (Phi) is 1.54. The summed E-state index contributed by atoms with van der Waals surface area (Å²) in [6.07, 6.45) is 4.30. The van der Waals surface area contributed by atoms with Gasteiger partial charge in [-0.3, -0.25) is 4.90 Å². The van der Waals surface area contributed by atoms with Crippen LogP contribution >= 0.6 is 15.9 Å². The summed E-state index contributed by atoms with van der Waals surface area (Å²) in [5.41, 5.74) is 0. The van der Waals surface area contributed by atoms with Crippen molar-refractivity contribution in [2.24, 2.45) is 5.92 Å². The van der Waals surface area contributed by atoms with Crippen LogP contribution in [0.2, 0.25) is 0 Å². The highest BCUT2D eigenvalue weighted by molar-refractivity contribution is 9.09. The lowest BCUT2D eigenvalue weighted by Gasteiger charge is -2.27. The Morgan fingerprint density at radius 3 is 2.78 bits per heavy atom. The van der Waals surface area contributed by atoms with Crippen LogP contribution in [-0.4, -0.2) is 22.9 Å². The molecule has 0 N–H and O–H groups in total. The third-order valence-corrected chi connectivity index (χ3v) is 3.87. The van der Waals surface area contributed by atoms with Crippen molar-refractivity contribution in [3.8, 4) is 0 Å². The van der Waals surface area contributed by atoms with Crippen LogP contribution in [0.1, 0.15) is 19.3 Å². The first-order chi connectivity index (χ1) is 4.38. The Labute approximate surface area is 64.5 Å². The van der Waals surface area contributed by atoms with E-state index in [9.17, 15) is 0 Å². The van der Waals surface area contributed by atoms with E-state index in [0.717, 1.165) is 10.9 Å². The summed E-state index contributed by atoms with van der Waals surface area (Å²) in [4.78, 5) is 3.28. The average molecular weight is 190 g/mol. The third-order valence-electron chi connectivity index (χ3n) is 2.55. The van der Waals surface area contributed by atoms with Crippen molar-refractivity contribution in [1.82, 2.24) is 4.90 Å². The van der Waals surface area contributed by atoms with Gasteiger partial charge in [0.1, 0.15) is 0 Å². The number of alkyl halides is 1. The molecule has 0 aromatic rings. The number of hydrogen-bond donors (Lipinski definition) is 0. The van der Waals surface area contributed by atoms with Crippen LogP contribution in [0.25, 0.3) is 0 Å². The molecule has 1 nitrogen and oxygen atoms in total. The predicted octanol–water partition coefficient (Wildman–Crippen LogP) is 1.82. The molecule has 3 unspecified atom stereocenters. The summed E-state index contributed by atoms with van der Waals surface area (Å²) in [5, 5.41) is 0. The molecule has 0 amide bonds. The molecule has 0 aromatic heterocycles. The van der Waals surface area contributed by atoms with Crippen molar-refractivity contribution in [2.45, 2.75) is 24.2 Å². The molecule has 0 spiro atoms. The largest absolute Gasteiger partial charge is 0.291 e. The zero-order valence-electron chi connectivity index (χ0n) is 5.52. The second-order valence-electron chi connectivity index (χ2n) is 3.10. The Balaban J connectivity index is 2.10. The monoisotopic (exact) mass is 189 g/mol. The van der Waals surface area contributed by atoms with Crippen LogP contribution in [0.15, 0.2) is 0 Å². The average Bonchev–Trinajstić information content (AvgIpc) is 2.19. The molecule has 2 bridgehead atoms. The first kappa shape index (κ1) is 6.17. The van der Waals surface area contributed by atoms with Gasteiger partial charge in [-0.05, 0) is 38.3 Å². The number of piperidine rings is 1. The molecule has 2 fully saturated rings. The summed E-state index contributed by atoms with van der Waals surface area (Å²) in [7, 11) is 0. The van der Waals surface area contributed by atoms with Crippen molar-refractivity contribution >= 4 is 15.9 Å². The molecular formula is C7H12BrN. The van der Waals surface area contributed by atoms with E-state index < -0.39 is 0 Å². The fourth-order valence-electron chi connectivity index (χ4n) is 1.96. The Bertz CT molecular complexity index is 99.5. The summed E-state index contributed by atoms with van der Waals surface area (Å²) in [5.74, 6) is 0.971. The fraction of sp³-hybridized carbons (Fsp3) is 1.00. The first-order valence-electron chi connectivity index (χ1n) is 3.76. The molecule has 2 rings (SSSR count). The van der Waals surface area contributed by atoms with Crippen molar-refractivity contribution in [2.75, 3.05) is 13.1 Å². The van der Waals surface area contributed by atoms with Gasteiger partial charge in [0, 0.05) is 0 Å². The van der Waals surface area contributed by atoms with E-state index in [0.29, 0.717) is 0 Å². The molecule has 9 heavy (non-hydrogen) atoms. The quantitative estimate of drug-likeness (QED) is 0.416. The second kappa shape index (κ2) is 2.24. The number of rotatable bonds is 0. The van der Waals surface area contributed by atoms with E-state index >= 15 is 0 Å². The molecule has 0 aromatic carbocycles. The van der Waals surface area contributed by atoms with Gasteiger partial charge >= 0.3 is 0 Å². The standard InChI is InChI=1S/C7H12BrN/c8-7-6-2-1-4-9(7)5-3-6/h6-7H,1-5H2. The Morgan fingerprint density at radius 1 is 1.22 bits per heavy atom. The molecule has 3 atom stereocenters. The molecule has 2 saturated heterocycles. The summed E-state index contributed by atoms with van der Waals surface area (Å²) in [6, 6.07) is 0. The third kappa shape index (κ3) is 0.926. The lowest BCUT2D eigenvalue weighted by Crippen LogP contribution is -2.32. The maximum absolute atomic E-state index is 3.71. The maximum Gasteiger partial charge on any atom is 0.0684 e. The van der Waals surface area contributed by atoms with E-state index in [-0.39, 0.29) is 0 Å². The Hall–Kier alpha value is 0.440. The summed E-state index contributed by atoms with van der Waals surface area (Å²) < 4.78 is 0. The molecule has 52 valence electrons. The van der Waals surface area contributed by atoms with Crippen LogP contribution < -0.4 is 0 Å². The van der Waals surface area contributed by atoms with Crippen molar-refractivity contribution in [3.63, 3.8) is 0 Å². The van der Waals surface area contributed by atoms with Gasteiger partial charge in [-0.2, -0.15) is 0 Å². The first-order valence-corrected chi connectivity index (χ1v) is 4.67. The molecule has 2 aliphatic heterocycles. The highest BCUT2D eigenvalue weighted by Gasteiger charge is 2.34.